The predicted octanol–water partition coefficient (Wildman–Crippen LogP) is 0.863. The fourth-order valence-electron chi connectivity index (χ4n) is 1.97. The summed E-state index contributed by atoms with van der Waals surface area (Å²) in [6.07, 6.45) is 0.734. The Morgan fingerprint density at radius 2 is 2.05 bits per heavy atom. The van der Waals surface area contributed by atoms with Gasteiger partial charge in [-0.2, -0.15) is 0 Å². The Morgan fingerprint density at radius 1 is 1.32 bits per heavy atom. The summed E-state index contributed by atoms with van der Waals surface area (Å²) in [6.45, 7) is 4.75. The summed E-state index contributed by atoms with van der Waals surface area (Å²) < 4.78 is 32.1. The maximum absolute atomic E-state index is 12.1. The van der Waals surface area contributed by atoms with Gasteiger partial charge in [0.15, 0.2) is 0 Å². The second-order valence-electron chi connectivity index (χ2n) is 4.61. The van der Waals surface area contributed by atoms with Crippen molar-refractivity contribution < 1.29 is 13.2 Å². The van der Waals surface area contributed by atoms with Gasteiger partial charge in [0.05, 0.1) is 11.5 Å². The van der Waals surface area contributed by atoms with Gasteiger partial charge in [0.25, 0.3) is 0 Å². The van der Waals surface area contributed by atoms with E-state index in [0.717, 1.165) is 25.1 Å². The van der Waals surface area contributed by atoms with Crippen LogP contribution in [0.1, 0.15) is 18.9 Å². The van der Waals surface area contributed by atoms with E-state index in [1.807, 2.05) is 19.1 Å². The minimum atomic E-state index is -3.43. The standard InChI is InChI=1S/C13H20N2O3S/c1-2-14-9-11-3-5-13(6-4-11)19(16,17)15-12-7-8-18-10-12/h3-6,12,14-15H,2,7-10H2,1H3. The van der Waals surface area contributed by atoms with Crippen LogP contribution in [0.25, 0.3) is 0 Å². The fraction of sp³-hybridized carbons (Fsp3) is 0.538. The Kier molecular flexibility index (Phi) is 4.93. The highest BCUT2D eigenvalue weighted by atomic mass is 32.2. The molecule has 6 heteroatoms. The van der Waals surface area contributed by atoms with Crippen molar-refractivity contribution in [1.82, 2.24) is 10.0 Å². The Morgan fingerprint density at radius 3 is 2.63 bits per heavy atom. The SMILES string of the molecule is CCNCc1ccc(S(=O)(=O)NC2CCOC2)cc1. The first-order valence-corrected chi connectivity index (χ1v) is 8.00. The highest BCUT2D eigenvalue weighted by molar-refractivity contribution is 7.89. The first-order chi connectivity index (χ1) is 9.12. The van der Waals surface area contributed by atoms with Gasteiger partial charge in [-0.15, -0.1) is 0 Å². The summed E-state index contributed by atoms with van der Waals surface area (Å²) in [6, 6.07) is 6.85. The lowest BCUT2D eigenvalue weighted by atomic mass is 10.2. The molecule has 1 saturated heterocycles. The highest BCUT2D eigenvalue weighted by Gasteiger charge is 2.23. The topological polar surface area (TPSA) is 67.4 Å². The summed E-state index contributed by atoms with van der Waals surface area (Å²) in [5, 5.41) is 3.20. The second kappa shape index (κ2) is 6.47. The summed E-state index contributed by atoms with van der Waals surface area (Å²) in [5.74, 6) is 0. The van der Waals surface area contributed by atoms with Gasteiger partial charge in [0.2, 0.25) is 10.0 Å². The zero-order valence-electron chi connectivity index (χ0n) is 11.1. The van der Waals surface area contributed by atoms with Crippen molar-refractivity contribution in [2.24, 2.45) is 0 Å². The highest BCUT2D eigenvalue weighted by Crippen LogP contribution is 2.13. The molecule has 0 bridgehead atoms. The van der Waals surface area contributed by atoms with Gasteiger partial charge in [-0.05, 0) is 30.7 Å². The lowest BCUT2D eigenvalue weighted by Gasteiger charge is -2.11. The smallest absolute Gasteiger partial charge is 0.240 e. The number of sulfonamides is 1. The summed E-state index contributed by atoms with van der Waals surface area (Å²) in [5.41, 5.74) is 1.07. The van der Waals surface area contributed by atoms with E-state index in [1.54, 1.807) is 12.1 Å². The minimum Gasteiger partial charge on any atom is -0.380 e. The van der Waals surface area contributed by atoms with Crippen LogP contribution >= 0.6 is 0 Å². The zero-order valence-corrected chi connectivity index (χ0v) is 11.9. The number of hydrogen-bond acceptors (Lipinski definition) is 4. The monoisotopic (exact) mass is 284 g/mol. The zero-order chi connectivity index (χ0) is 13.7. The molecule has 1 atom stereocenters. The average Bonchev–Trinajstić information content (AvgIpc) is 2.89. The molecular formula is C13H20N2O3S. The van der Waals surface area contributed by atoms with E-state index < -0.39 is 10.0 Å². The first-order valence-electron chi connectivity index (χ1n) is 6.51. The van der Waals surface area contributed by atoms with Gasteiger partial charge >= 0.3 is 0 Å². The van der Waals surface area contributed by atoms with Crippen LogP contribution in [0.2, 0.25) is 0 Å². The summed E-state index contributed by atoms with van der Waals surface area (Å²) in [7, 11) is -3.43. The van der Waals surface area contributed by atoms with E-state index in [4.69, 9.17) is 4.74 Å². The van der Waals surface area contributed by atoms with Crippen LogP contribution in [0.3, 0.4) is 0 Å². The van der Waals surface area contributed by atoms with E-state index in [9.17, 15) is 8.42 Å². The van der Waals surface area contributed by atoms with Gasteiger partial charge in [-0.25, -0.2) is 13.1 Å². The molecule has 5 nitrogen and oxygen atoms in total. The van der Waals surface area contributed by atoms with E-state index in [-0.39, 0.29) is 6.04 Å². The molecule has 1 aromatic carbocycles. The third kappa shape index (κ3) is 4.01. The predicted molar refractivity (Wildman–Crippen MR) is 73.4 cm³/mol. The number of nitrogens with one attached hydrogen (secondary N) is 2. The van der Waals surface area contributed by atoms with E-state index in [1.165, 1.54) is 0 Å². The molecule has 0 spiro atoms. The van der Waals surface area contributed by atoms with Crippen molar-refractivity contribution in [1.29, 1.82) is 0 Å². The van der Waals surface area contributed by atoms with Crippen molar-refractivity contribution in [2.45, 2.75) is 30.8 Å². The van der Waals surface area contributed by atoms with Crippen molar-refractivity contribution >= 4 is 10.0 Å². The Bertz CT molecular complexity index is 493. The van der Waals surface area contributed by atoms with Gasteiger partial charge in [0.1, 0.15) is 0 Å². The van der Waals surface area contributed by atoms with Crippen LogP contribution in [0.15, 0.2) is 29.2 Å². The normalized spacial score (nSPS) is 19.7. The summed E-state index contributed by atoms with van der Waals surface area (Å²) >= 11 is 0. The van der Waals surface area contributed by atoms with Crippen LogP contribution in [-0.4, -0.2) is 34.2 Å². The molecule has 19 heavy (non-hydrogen) atoms. The van der Waals surface area contributed by atoms with Crippen LogP contribution < -0.4 is 10.0 Å². The molecule has 1 aliphatic heterocycles. The fourth-order valence-corrected chi connectivity index (χ4v) is 3.23. The third-order valence-electron chi connectivity index (χ3n) is 3.06. The van der Waals surface area contributed by atoms with E-state index >= 15 is 0 Å². The Balaban J connectivity index is 2.03. The number of ether oxygens (including phenoxy) is 1. The molecule has 2 rings (SSSR count). The molecular weight excluding hydrogens is 264 g/mol. The van der Waals surface area contributed by atoms with Crippen LogP contribution in [0.5, 0.6) is 0 Å². The number of rotatable bonds is 6. The molecule has 0 radical (unpaired) electrons. The molecule has 1 unspecified atom stereocenters. The van der Waals surface area contributed by atoms with E-state index in [0.29, 0.717) is 18.1 Å². The van der Waals surface area contributed by atoms with Crippen molar-refractivity contribution in [3.63, 3.8) is 0 Å². The quantitative estimate of drug-likeness (QED) is 0.813. The molecule has 1 aliphatic rings. The van der Waals surface area contributed by atoms with Gasteiger partial charge < -0.3 is 10.1 Å². The lowest BCUT2D eigenvalue weighted by molar-refractivity contribution is 0.192. The maximum Gasteiger partial charge on any atom is 0.240 e. The maximum atomic E-state index is 12.1. The molecule has 1 fully saturated rings. The van der Waals surface area contributed by atoms with Gasteiger partial charge in [-0.3, -0.25) is 0 Å². The molecule has 0 saturated carbocycles. The molecule has 1 heterocycles. The molecule has 0 aliphatic carbocycles. The largest absolute Gasteiger partial charge is 0.380 e. The lowest BCUT2D eigenvalue weighted by Crippen LogP contribution is -2.35. The third-order valence-corrected chi connectivity index (χ3v) is 4.60. The molecule has 2 N–H and O–H groups in total. The Hall–Kier alpha value is -0.950. The minimum absolute atomic E-state index is 0.105. The van der Waals surface area contributed by atoms with Crippen molar-refractivity contribution in [3.8, 4) is 0 Å². The molecule has 0 amide bonds. The van der Waals surface area contributed by atoms with Crippen LogP contribution in [0, 0.1) is 0 Å². The molecule has 106 valence electrons. The first kappa shape index (κ1) is 14.5. The number of benzene rings is 1. The van der Waals surface area contributed by atoms with E-state index in [2.05, 4.69) is 10.0 Å². The van der Waals surface area contributed by atoms with Crippen molar-refractivity contribution in [3.05, 3.63) is 29.8 Å². The van der Waals surface area contributed by atoms with Gasteiger partial charge in [-0.1, -0.05) is 19.1 Å². The molecule has 1 aromatic rings. The van der Waals surface area contributed by atoms with Crippen LogP contribution in [0.4, 0.5) is 0 Å². The average molecular weight is 284 g/mol. The van der Waals surface area contributed by atoms with Crippen LogP contribution in [-0.2, 0) is 21.3 Å². The van der Waals surface area contributed by atoms with Gasteiger partial charge in [0, 0.05) is 19.2 Å². The number of hydrogen-bond donors (Lipinski definition) is 2. The molecule has 0 aromatic heterocycles. The van der Waals surface area contributed by atoms with Crippen molar-refractivity contribution in [2.75, 3.05) is 19.8 Å². The summed E-state index contributed by atoms with van der Waals surface area (Å²) in [4.78, 5) is 0.305. The second-order valence-corrected chi connectivity index (χ2v) is 6.32. The Labute approximate surface area is 114 Å².